The van der Waals surface area contributed by atoms with Gasteiger partial charge >= 0.3 is 5.97 Å². The molecule has 1 fully saturated rings. The molecule has 128 valence electrons. The lowest BCUT2D eigenvalue weighted by Crippen LogP contribution is -2.19. The Morgan fingerprint density at radius 3 is 3.00 bits per heavy atom. The third kappa shape index (κ3) is 5.61. The number of carbonyl (C=O) groups is 2. The maximum atomic E-state index is 11.7. The smallest absolute Gasteiger partial charge is 0.331 e. The van der Waals surface area contributed by atoms with Gasteiger partial charge in [-0.3, -0.25) is 10.1 Å². The van der Waals surface area contributed by atoms with Gasteiger partial charge in [0.1, 0.15) is 12.4 Å². The highest BCUT2D eigenvalue weighted by atomic mass is 127. The van der Waals surface area contributed by atoms with E-state index in [1.165, 1.54) is 13.3 Å². The number of ether oxygens (including phenoxy) is 2. The van der Waals surface area contributed by atoms with Crippen LogP contribution in [-0.2, 0) is 14.3 Å². The van der Waals surface area contributed by atoms with Crippen molar-refractivity contribution in [3.63, 3.8) is 0 Å². The topological polar surface area (TPSA) is 89.4 Å². The SMILES string of the molecule is C#CCOc1ccc(C=N/N=C2/NC(=O)/C(=C\C(=O)OC)S2)cc1I. The summed E-state index contributed by atoms with van der Waals surface area (Å²) in [5.41, 5.74) is 0.807. The van der Waals surface area contributed by atoms with Crippen LogP contribution in [0.15, 0.2) is 39.4 Å². The molecule has 0 atom stereocenters. The van der Waals surface area contributed by atoms with E-state index in [4.69, 9.17) is 11.2 Å². The van der Waals surface area contributed by atoms with Crippen LogP contribution in [0.1, 0.15) is 5.56 Å². The minimum absolute atomic E-state index is 0.199. The summed E-state index contributed by atoms with van der Waals surface area (Å²) in [6.07, 6.45) is 7.80. The number of amides is 1. The number of hydrogen-bond acceptors (Lipinski definition) is 7. The molecule has 1 amide bonds. The molecule has 1 aliphatic rings. The minimum Gasteiger partial charge on any atom is -0.480 e. The van der Waals surface area contributed by atoms with E-state index in [9.17, 15) is 9.59 Å². The van der Waals surface area contributed by atoms with Crippen LogP contribution in [0.3, 0.4) is 0 Å². The molecule has 0 unspecified atom stereocenters. The van der Waals surface area contributed by atoms with Crippen LogP contribution in [0.25, 0.3) is 0 Å². The Balaban J connectivity index is 2.03. The highest BCUT2D eigenvalue weighted by Crippen LogP contribution is 2.24. The van der Waals surface area contributed by atoms with Crippen molar-refractivity contribution in [3.8, 4) is 18.1 Å². The van der Waals surface area contributed by atoms with E-state index >= 15 is 0 Å². The van der Waals surface area contributed by atoms with Crippen LogP contribution in [0.5, 0.6) is 5.75 Å². The molecule has 0 bridgehead atoms. The normalized spacial score (nSPS) is 16.9. The molecule has 9 heteroatoms. The van der Waals surface area contributed by atoms with Gasteiger partial charge in [-0.05, 0) is 58.1 Å². The number of esters is 1. The predicted molar refractivity (Wildman–Crippen MR) is 104 cm³/mol. The van der Waals surface area contributed by atoms with Crippen LogP contribution in [0.4, 0.5) is 0 Å². The van der Waals surface area contributed by atoms with Crippen molar-refractivity contribution in [2.75, 3.05) is 13.7 Å². The lowest BCUT2D eigenvalue weighted by molar-refractivity contribution is -0.135. The molecular weight excluding hydrogens is 457 g/mol. The second-order valence-electron chi connectivity index (χ2n) is 4.42. The summed E-state index contributed by atoms with van der Waals surface area (Å²) in [5, 5.41) is 10.6. The van der Waals surface area contributed by atoms with Crippen LogP contribution >= 0.6 is 34.4 Å². The zero-order valence-corrected chi connectivity index (χ0v) is 16.0. The van der Waals surface area contributed by atoms with E-state index in [0.29, 0.717) is 5.75 Å². The number of nitrogens with zero attached hydrogens (tertiary/aromatic N) is 2. The molecule has 0 spiro atoms. The zero-order valence-electron chi connectivity index (χ0n) is 13.0. The number of thioether (sulfide) groups is 1. The van der Waals surface area contributed by atoms with Crippen molar-refractivity contribution >= 4 is 57.6 Å². The van der Waals surface area contributed by atoms with Crippen LogP contribution < -0.4 is 10.1 Å². The fourth-order valence-electron chi connectivity index (χ4n) is 1.62. The van der Waals surface area contributed by atoms with Crippen LogP contribution in [-0.4, -0.2) is 37.0 Å². The molecule has 2 rings (SSSR count). The average Bonchev–Trinajstić information content (AvgIpc) is 2.93. The lowest BCUT2D eigenvalue weighted by atomic mass is 10.2. The molecule has 1 saturated heterocycles. The first-order valence-electron chi connectivity index (χ1n) is 6.79. The summed E-state index contributed by atoms with van der Waals surface area (Å²) in [6.45, 7) is 0.204. The highest BCUT2D eigenvalue weighted by Gasteiger charge is 2.24. The lowest BCUT2D eigenvalue weighted by Gasteiger charge is -2.05. The summed E-state index contributed by atoms with van der Waals surface area (Å²) >= 11 is 3.14. The van der Waals surface area contributed by atoms with Crippen molar-refractivity contribution in [2.24, 2.45) is 10.2 Å². The standard InChI is InChI=1S/C16H12IN3O4S/c1-3-6-24-12-5-4-10(7-11(12)17)9-18-20-16-19-15(22)13(25-16)8-14(21)23-2/h1,4-5,7-9H,6H2,2H3,(H,19,20,22)/b13-8+,18-9?. The number of halogens is 1. The number of methoxy groups -OCH3 is 1. The van der Waals surface area contributed by atoms with Gasteiger partial charge in [-0.2, -0.15) is 5.10 Å². The number of terminal acetylenes is 1. The summed E-state index contributed by atoms with van der Waals surface area (Å²) in [6, 6.07) is 5.45. The number of hydrogen-bond donors (Lipinski definition) is 1. The van der Waals surface area contributed by atoms with Gasteiger partial charge in [0.05, 0.1) is 21.8 Å². The fourth-order valence-corrected chi connectivity index (χ4v) is 3.06. The maximum Gasteiger partial charge on any atom is 0.331 e. The van der Waals surface area contributed by atoms with E-state index in [1.807, 2.05) is 6.07 Å². The monoisotopic (exact) mass is 469 g/mol. The van der Waals surface area contributed by atoms with Crippen molar-refractivity contribution in [3.05, 3.63) is 38.3 Å². The Kier molecular flexibility index (Phi) is 7.03. The van der Waals surface area contributed by atoms with Gasteiger partial charge in [-0.25, -0.2) is 4.79 Å². The van der Waals surface area contributed by atoms with Gasteiger partial charge in [0.15, 0.2) is 5.17 Å². The molecule has 1 aromatic carbocycles. The van der Waals surface area contributed by atoms with Gasteiger partial charge < -0.3 is 9.47 Å². The van der Waals surface area contributed by atoms with E-state index in [-0.39, 0.29) is 16.7 Å². The first-order chi connectivity index (χ1) is 12.0. The predicted octanol–water partition coefficient (Wildman–Crippen LogP) is 1.91. The molecule has 0 radical (unpaired) electrons. The molecule has 0 aliphatic carbocycles. The first-order valence-corrected chi connectivity index (χ1v) is 8.68. The van der Waals surface area contributed by atoms with E-state index in [0.717, 1.165) is 27.0 Å². The molecule has 1 heterocycles. The summed E-state index contributed by atoms with van der Waals surface area (Å²) < 4.78 is 10.7. The third-order valence-electron chi connectivity index (χ3n) is 2.72. The molecule has 0 saturated carbocycles. The number of carbonyl (C=O) groups excluding carboxylic acids is 2. The molecule has 25 heavy (non-hydrogen) atoms. The third-order valence-corrected chi connectivity index (χ3v) is 4.47. The Hall–Kier alpha value is -2.32. The zero-order chi connectivity index (χ0) is 18.2. The van der Waals surface area contributed by atoms with Crippen LogP contribution in [0, 0.1) is 15.9 Å². The molecule has 1 aliphatic heterocycles. The Labute approximate surface area is 162 Å². The Bertz CT molecular complexity index is 827. The average molecular weight is 469 g/mol. The molecule has 1 N–H and O–H groups in total. The summed E-state index contributed by atoms with van der Waals surface area (Å²) in [5.74, 6) is 2.07. The Morgan fingerprint density at radius 1 is 1.52 bits per heavy atom. The number of rotatable bonds is 5. The molecule has 1 aromatic rings. The first kappa shape index (κ1) is 19.0. The van der Waals surface area contributed by atoms with Crippen molar-refractivity contribution in [1.29, 1.82) is 0 Å². The summed E-state index contributed by atoms with van der Waals surface area (Å²) in [4.78, 5) is 23.0. The van der Waals surface area contributed by atoms with Gasteiger partial charge in [0, 0.05) is 6.08 Å². The molecule has 0 aromatic heterocycles. The van der Waals surface area contributed by atoms with Gasteiger partial charge in [0.25, 0.3) is 5.91 Å². The second kappa shape index (κ2) is 9.24. The highest BCUT2D eigenvalue weighted by molar-refractivity contribution is 14.1. The van der Waals surface area contributed by atoms with Crippen molar-refractivity contribution in [1.82, 2.24) is 5.32 Å². The summed E-state index contributed by atoms with van der Waals surface area (Å²) in [7, 11) is 1.24. The maximum absolute atomic E-state index is 11.7. The van der Waals surface area contributed by atoms with Crippen molar-refractivity contribution in [2.45, 2.75) is 0 Å². The number of nitrogens with one attached hydrogen (secondary N) is 1. The number of amidine groups is 1. The van der Waals surface area contributed by atoms with Gasteiger partial charge in [-0.1, -0.05) is 5.92 Å². The van der Waals surface area contributed by atoms with E-state index in [2.05, 4.69) is 48.8 Å². The second-order valence-corrected chi connectivity index (χ2v) is 6.61. The molecular formula is C16H12IN3O4S. The fraction of sp³-hybridized carbons (Fsp3) is 0.125. The largest absolute Gasteiger partial charge is 0.480 e. The number of benzene rings is 1. The minimum atomic E-state index is -0.607. The van der Waals surface area contributed by atoms with E-state index in [1.54, 1.807) is 12.1 Å². The quantitative estimate of drug-likeness (QED) is 0.178. The molecule has 7 nitrogen and oxygen atoms in total. The van der Waals surface area contributed by atoms with Gasteiger partial charge in [-0.15, -0.1) is 11.5 Å². The van der Waals surface area contributed by atoms with Crippen molar-refractivity contribution < 1.29 is 19.1 Å². The Morgan fingerprint density at radius 2 is 2.32 bits per heavy atom. The van der Waals surface area contributed by atoms with Gasteiger partial charge in [0.2, 0.25) is 0 Å². The van der Waals surface area contributed by atoms with E-state index < -0.39 is 11.9 Å². The van der Waals surface area contributed by atoms with Crippen LogP contribution in [0.2, 0.25) is 0 Å².